The first-order valence-electron chi connectivity index (χ1n) is 8.93. The second kappa shape index (κ2) is 7.28. The lowest BCUT2D eigenvalue weighted by Gasteiger charge is -2.36. The quantitative estimate of drug-likeness (QED) is 0.743. The molecule has 1 aliphatic rings. The first-order chi connectivity index (χ1) is 11.9. The summed E-state index contributed by atoms with van der Waals surface area (Å²) in [5.41, 5.74) is 9.26. The van der Waals surface area contributed by atoms with Crippen LogP contribution in [0.2, 0.25) is 0 Å². The standard InChI is InChI=1S/C21H27N3O/c1-21(2)14-16(11-12-23-21)13-15-7-9-17(10-8-15)20(25)24-19-6-4-3-5-18(19)22/h3-10,16,23H,11-14,22H2,1-2H3,(H,24,25). The number of rotatable bonds is 4. The molecule has 1 saturated heterocycles. The largest absolute Gasteiger partial charge is 0.397 e. The van der Waals surface area contributed by atoms with Crippen LogP contribution in [-0.4, -0.2) is 18.0 Å². The average Bonchev–Trinajstić information content (AvgIpc) is 2.57. The summed E-state index contributed by atoms with van der Waals surface area (Å²) in [5.74, 6) is 0.562. The number of nitrogen functional groups attached to an aromatic ring is 1. The summed E-state index contributed by atoms with van der Waals surface area (Å²) >= 11 is 0. The molecule has 1 unspecified atom stereocenters. The van der Waals surface area contributed by atoms with Crippen molar-refractivity contribution in [1.29, 1.82) is 0 Å². The third-order valence-electron chi connectivity index (χ3n) is 4.90. The molecule has 0 saturated carbocycles. The van der Waals surface area contributed by atoms with E-state index in [0.29, 0.717) is 22.9 Å². The first kappa shape index (κ1) is 17.5. The lowest BCUT2D eigenvalue weighted by Crippen LogP contribution is -2.46. The van der Waals surface area contributed by atoms with Crippen molar-refractivity contribution >= 4 is 17.3 Å². The molecule has 0 bridgehead atoms. The third-order valence-corrected chi connectivity index (χ3v) is 4.90. The SMILES string of the molecule is CC1(C)CC(Cc2ccc(C(=O)Nc3ccccc3N)cc2)CCN1. The van der Waals surface area contributed by atoms with Crippen LogP contribution in [0.1, 0.15) is 42.6 Å². The number of nitrogens with two attached hydrogens (primary N) is 1. The van der Waals surface area contributed by atoms with Crippen molar-refractivity contribution in [2.45, 2.75) is 38.6 Å². The van der Waals surface area contributed by atoms with Crippen LogP contribution in [0.3, 0.4) is 0 Å². The Bertz CT molecular complexity index is 737. The monoisotopic (exact) mass is 337 g/mol. The summed E-state index contributed by atoms with van der Waals surface area (Å²) in [6.45, 7) is 5.61. The van der Waals surface area contributed by atoms with E-state index in [9.17, 15) is 4.79 Å². The van der Waals surface area contributed by atoms with E-state index in [1.54, 1.807) is 12.1 Å². The van der Waals surface area contributed by atoms with Gasteiger partial charge in [-0.15, -0.1) is 0 Å². The maximum Gasteiger partial charge on any atom is 0.255 e. The number of nitrogens with one attached hydrogen (secondary N) is 2. The molecule has 1 heterocycles. The fraction of sp³-hybridized carbons (Fsp3) is 0.381. The Morgan fingerprint density at radius 2 is 1.92 bits per heavy atom. The van der Waals surface area contributed by atoms with Gasteiger partial charge in [0.15, 0.2) is 0 Å². The summed E-state index contributed by atoms with van der Waals surface area (Å²) in [7, 11) is 0. The molecule has 25 heavy (non-hydrogen) atoms. The second-order valence-corrected chi connectivity index (χ2v) is 7.61. The molecule has 1 atom stereocenters. The molecule has 0 aromatic heterocycles. The summed E-state index contributed by atoms with van der Waals surface area (Å²) in [6.07, 6.45) is 3.46. The zero-order valence-corrected chi connectivity index (χ0v) is 15.0. The molecule has 1 fully saturated rings. The molecule has 132 valence electrons. The van der Waals surface area contributed by atoms with Crippen LogP contribution < -0.4 is 16.4 Å². The van der Waals surface area contributed by atoms with Gasteiger partial charge in [-0.3, -0.25) is 4.79 Å². The number of amides is 1. The molecule has 0 aliphatic carbocycles. The number of hydrogen-bond donors (Lipinski definition) is 3. The highest BCUT2D eigenvalue weighted by atomic mass is 16.1. The molecule has 0 spiro atoms. The van der Waals surface area contributed by atoms with Gasteiger partial charge < -0.3 is 16.4 Å². The number of piperidine rings is 1. The highest BCUT2D eigenvalue weighted by Gasteiger charge is 2.27. The number of hydrogen-bond acceptors (Lipinski definition) is 3. The molecule has 2 aromatic rings. The molecule has 1 aliphatic heterocycles. The first-order valence-corrected chi connectivity index (χ1v) is 8.93. The van der Waals surface area contributed by atoms with E-state index in [1.165, 1.54) is 18.4 Å². The lowest BCUT2D eigenvalue weighted by molar-refractivity contribution is 0.102. The zero-order chi connectivity index (χ0) is 17.9. The van der Waals surface area contributed by atoms with Gasteiger partial charge in [0.1, 0.15) is 0 Å². The van der Waals surface area contributed by atoms with Crippen molar-refractivity contribution in [1.82, 2.24) is 5.32 Å². The van der Waals surface area contributed by atoms with Crippen molar-refractivity contribution in [2.75, 3.05) is 17.6 Å². The summed E-state index contributed by atoms with van der Waals surface area (Å²) in [4.78, 5) is 12.4. The van der Waals surface area contributed by atoms with Gasteiger partial charge in [0.2, 0.25) is 0 Å². The van der Waals surface area contributed by atoms with E-state index in [-0.39, 0.29) is 11.4 Å². The maximum atomic E-state index is 12.4. The predicted octanol–water partition coefficient (Wildman–Crippen LogP) is 3.84. The highest BCUT2D eigenvalue weighted by molar-refractivity contribution is 6.05. The molecule has 4 nitrogen and oxygen atoms in total. The molecule has 4 N–H and O–H groups in total. The highest BCUT2D eigenvalue weighted by Crippen LogP contribution is 2.27. The van der Waals surface area contributed by atoms with E-state index >= 15 is 0 Å². The van der Waals surface area contributed by atoms with Crippen LogP contribution in [0.4, 0.5) is 11.4 Å². The minimum Gasteiger partial charge on any atom is -0.397 e. The predicted molar refractivity (Wildman–Crippen MR) is 104 cm³/mol. The van der Waals surface area contributed by atoms with E-state index in [2.05, 4.69) is 36.6 Å². The van der Waals surface area contributed by atoms with Gasteiger partial charge in [-0.25, -0.2) is 0 Å². The van der Waals surface area contributed by atoms with Crippen LogP contribution >= 0.6 is 0 Å². The van der Waals surface area contributed by atoms with Gasteiger partial charge in [0.05, 0.1) is 11.4 Å². The summed E-state index contributed by atoms with van der Waals surface area (Å²) in [5, 5.41) is 6.43. The fourth-order valence-electron chi connectivity index (χ4n) is 3.62. The van der Waals surface area contributed by atoms with Gasteiger partial charge >= 0.3 is 0 Å². The van der Waals surface area contributed by atoms with Gasteiger partial charge in [0, 0.05) is 11.1 Å². The van der Waals surface area contributed by atoms with Crippen LogP contribution in [-0.2, 0) is 6.42 Å². The van der Waals surface area contributed by atoms with Gasteiger partial charge in [-0.2, -0.15) is 0 Å². The van der Waals surface area contributed by atoms with E-state index in [4.69, 9.17) is 5.73 Å². The minimum atomic E-state index is -0.132. The molecule has 0 radical (unpaired) electrons. The Balaban J connectivity index is 1.62. The van der Waals surface area contributed by atoms with Gasteiger partial charge in [0.25, 0.3) is 5.91 Å². The third kappa shape index (κ3) is 4.60. The Morgan fingerprint density at radius 1 is 1.20 bits per heavy atom. The van der Waals surface area contributed by atoms with Crippen LogP contribution in [0, 0.1) is 5.92 Å². The van der Waals surface area contributed by atoms with Gasteiger partial charge in [-0.1, -0.05) is 24.3 Å². The smallest absolute Gasteiger partial charge is 0.255 e. The van der Waals surface area contributed by atoms with Crippen LogP contribution in [0.5, 0.6) is 0 Å². The Labute approximate surface area is 149 Å². The van der Waals surface area contributed by atoms with Crippen molar-refractivity contribution in [2.24, 2.45) is 5.92 Å². The van der Waals surface area contributed by atoms with E-state index in [1.807, 2.05) is 24.3 Å². The number of carbonyl (C=O) groups is 1. The lowest BCUT2D eigenvalue weighted by atomic mass is 9.81. The molecular weight excluding hydrogens is 310 g/mol. The number of para-hydroxylation sites is 2. The topological polar surface area (TPSA) is 67.2 Å². The number of carbonyl (C=O) groups excluding carboxylic acids is 1. The molecular formula is C21H27N3O. The molecule has 3 rings (SSSR count). The Hall–Kier alpha value is -2.33. The van der Waals surface area contributed by atoms with Crippen molar-refractivity contribution in [3.05, 3.63) is 59.7 Å². The van der Waals surface area contributed by atoms with Crippen molar-refractivity contribution < 1.29 is 4.79 Å². The molecule has 4 heteroatoms. The normalized spacial score (nSPS) is 19.4. The maximum absolute atomic E-state index is 12.4. The Morgan fingerprint density at radius 3 is 2.60 bits per heavy atom. The van der Waals surface area contributed by atoms with Crippen molar-refractivity contribution in [3.8, 4) is 0 Å². The van der Waals surface area contributed by atoms with Crippen LogP contribution in [0.15, 0.2) is 48.5 Å². The van der Waals surface area contributed by atoms with E-state index < -0.39 is 0 Å². The molecule has 1 amide bonds. The minimum absolute atomic E-state index is 0.132. The zero-order valence-electron chi connectivity index (χ0n) is 15.0. The van der Waals surface area contributed by atoms with Crippen molar-refractivity contribution in [3.63, 3.8) is 0 Å². The Kier molecular flexibility index (Phi) is 5.09. The summed E-state index contributed by atoms with van der Waals surface area (Å²) in [6, 6.07) is 15.2. The molecule has 2 aromatic carbocycles. The second-order valence-electron chi connectivity index (χ2n) is 7.61. The number of anilines is 2. The summed E-state index contributed by atoms with van der Waals surface area (Å²) < 4.78 is 0. The number of benzene rings is 2. The van der Waals surface area contributed by atoms with Crippen LogP contribution in [0.25, 0.3) is 0 Å². The fourth-order valence-corrected chi connectivity index (χ4v) is 3.62. The average molecular weight is 337 g/mol. The van der Waals surface area contributed by atoms with E-state index in [0.717, 1.165) is 13.0 Å². The van der Waals surface area contributed by atoms with Gasteiger partial charge in [-0.05, 0) is 75.4 Å².